The molecule has 110 valence electrons. The van der Waals surface area contributed by atoms with E-state index in [1.54, 1.807) is 14.1 Å². The van der Waals surface area contributed by atoms with Crippen LogP contribution in [0.5, 0.6) is 0 Å². The van der Waals surface area contributed by atoms with Gasteiger partial charge in [0.2, 0.25) is 5.96 Å². The second-order valence-corrected chi connectivity index (χ2v) is 4.92. The van der Waals surface area contributed by atoms with Crippen molar-refractivity contribution < 1.29 is 0 Å². The third-order valence-corrected chi connectivity index (χ3v) is 3.64. The van der Waals surface area contributed by atoms with Crippen molar-refractivity contribution in [1.29, 1.82) is 0 Å². The van der Waals surface area contributed by atoms with E-state index in [0.29, 0.717) is 5.96 Å². The second-order valence-electron chi connectivity index (χ2n) is 4.92. The number of nitrogens with zero attached hydrogens (tertiary/aromatic N) is 2. The zero-order valence-corrected chi connectivity index (χ0v) is 12.7. The molecule has 0 saturated heterocycles. The van der Waals surface area contributed by atoms with Crippen LogP contribution in [0.1, 0.15) is 5.56 Å². The Morgan fingerprint density at radius 3 is 2.09 bits per heavy atom. The molecule has 0 aliphatic rings. The van der Waals surface area contributed by atoms with Gasteiger partial charge in [0.25, 0.3) is 0 Å². The molecule has 0 unspecified atom stereocenters. The highest BCUT2D eigenvalue weighted by Gasteiger charge is 2.05. The predicted octanol–water partition coefficient (Wildman–Crippen LogP) is 3.12. The lowest BCUT2D eigenvalue weighted by Crippen LogP contribution is -2.30. The molecule has 0 heterocycles. The summed E-state index contributed by atoms with van der Waals surface area (Å²) in [6.07, 6.45) is 1.85. The fourth-order valence-electron chi connectivity index (χ4n) is 2.56. The SMILES string of the molecule is CN=C(NC)N/N=C/c1c2ccccc2cc2ccccc12. The van der Waals surface area contributed by atoms with Crippen LogP contribution in [0.25, 0.3) is 21.5 Å². The number of nitrogens with one attached hydrogen (secondary N) is 2. The molecule has 0 radical (unpaired) electrons. The fraction of sp³-hybridized carbons (Fsp3) is 0.111. The number of hydrazone groups is 1. The van der Waals surface area contributed by atoms with Crippen molar-refractivity contribution in [3.63, 3.8) is 0 Å². The topological polar surface area (TPSA) is 48.8 Å². The summed E-state index contributed by atoms with van der Waals surface area (Å²) in [6, 6.07) is 18.9. The molecule has 4 nitrogen and oxygen atoms in total. The molecule has 0 bridgehead atoms. The molecule has 2 N–H and O–H groups in total. The average molecular weight is 290 g/mol. The van der Waals surface area contributed by atoms with E-state index in [1.807, 2.05) is 6.21 Å². The monoisotopic (exact) mass is 290 g/mol. The summed E-state index contributed by atoms with van der Waals surface area (Å²) in [5.41, 5.74) is 4.01. The van der Waals surface area contributed by atoms with Gasteiger partial charge in [-0.3, -0.25) is 4.99 Å². The van der Waals surface area contributed by atoms with Crippen molar-refractivity contribution in [3.05, 3.63) is 60.2 Å². The van der Waals surface area contributed by atoms with Crippen molar-refractivity contribution in [2.45, 2.75) is 0 Å². The van der Waals surface area contributed by atoms with Gasteiger partial charge in [-0.25, -0.2) is 5.43 Å². The number of aliphatic imine (C=N–C) groups is 1. The summed E-state index contributed by atoms with van der Waals surface area (Å²) < 4.78 is 0. The van der Waals surface area contributed by atoms with Crippen LogP contribution < -0.4 is 10.7 Å². The van der Waals surface area contributed by atoms with E-state index in [2.05, 4.69) is 75.4 Å². The van der Waals surface area contributed by atoms with Crippen LogP contribution >= 0.6 is 0 Å². The Balaban J connectivity index is 2.14. The highest BCUT2D eigenvalue weighted by molar-refractivity contribution is 6.13. The normalized spacial score (nSPS) is 12.2. The number of rotatable bonds is 2. The maximum Gasteiger partial charge on any atom is 0.211 e. The van der Waals surface area contributed by atoms with E-state index >= 15 is 0 Å². The van der Waals surface area contributed by atoms with Gasteiger partial charge < -0.3 is 5.32 Å². The highest BCUT2D eigenvalue weighted by atomic mass is 15.4. The van der Waals surface area contributed by atoms with Crippen molar-refractivity contribution >= 4 is 33.7 Å². The summed E-state index contributed by atoms with van der Waals surface area (Å²) in [4.78, 5) is 4.04. The lowest BCUT2D eigenvalue weighted by Gasteiger charge is -2.08. The lowest BCUT2D eigenvalue weighted by atomic mass is 9.97. The van der Waals surface area contributed by atoms with Gasteiger partial charge >= 0.3 is 0 Å². The zero-order chi connectivity index (χ0) is 15.4. The van der Waals surface area contributed by atoms with Gasteiger partial charge in [-0.2, -0.15) is 5.10 Å². The highest BCUT2D eigenvalue weighted by Crippen LogP contribution is 2.27. The van der Waals surface area contributed by atoms with Crippen molar-refractivity contribution in [2.24, 2.45) is 10.1 Å². The maximum absolute atomic E-state index is 4.32. The summed E-state index contributed by atoms with van der Waals surface area (Å²) in [7, 11) is 3.51. The van der Waals surface area contributed by atoms with Crippen LogP contribution in [-0.2, 0) is 0 Å². The Morgan fingerprint density at radius 2 is 1.55 bits per heavy atom. The molecular formula is C18H18N4. The third kappa shape index (κ3) is 2.63. The fourth-order valence-corrected chi connectivity index (χ4v) is 2.56. The Morgan fingerprint density at radius 1 is 0.955 bits per heavy atom. The second kappa shape index (κ2) is 6.26. The smallest absolute Gasteiger partial charge is 0.211 e. The van der Waals surface area contributed by atoms with E-state index in [0.717, 1.165) is 5.56 Å². The number of hydrogen-bond acceptors (Lipinski definition) is 2. The third-order valence-electron chi connectivity index (χ3n) is 3.64. The summed E-state index contributed by atoms with van der Waals surface area (Å²) in [5, 5.41) is 12.0. The largest absolute Gasteiger partial charge is 0.358 e. The first-order chi connectivity index (χ1) is 10.8. The van der Waals surface area contributed by atoms with E-state index in [9.17, 15) is 0 Å². The first-order valence-corrected chi connectivity index (χ1v) is 7.17. The molecule has 0 atom stereocenters. The Hall–Kier alpha value is -2.88. The molecule has 0 aliphatic heterocycles. The van der Waals surface area contributed by atoms with E-state index < -0.39 is 0 Å². The first kappa shape index (κ1) is 14.1. The van der Waals surface area contributed by atoms with Crippen LogP contribution in [0.3, 0.4) is 0 Å². The van der Waals surface area contributed by atoms with E-state index in [1.165, 1.54) is 21.5 Å². The molecule has 0 aliphatic carbocycles. The molecule has 0 aromatic heterocycles. The zero-order valence-electron chi connectivity index (χ0n) is 12.7. The van der Waals surface area contributed by atoms with Gasteiger partial charge in [0.05, 0.1) is 6.21 Å². The first-order valence-electron chi connectivity index (χ1n) is 7.17. The number of fused-ring (bicyclic) bond motifs is 2. The van der Waals surface area contributed by atoms with Crippen LogP contribution in [0.2, 0.25) is 0 Å². The molecule has 0 fully saturated rings. The Labute approximate surface area is 129 Å². The number of guanidine groups is 1. The minimum Gasteiger partial charge on any atom is -0.358 e. The standard InChI is InChI=1S/C18H18N4/c1-19-18(20-2)22-21-12-17-15-9-5-3-7-13(15)11-14-8-4-6-10-16(14)17/h3-12H,1-2H3,(H2,19,20,22)/b21-12+. The van der Waals surface area contributed by atoms with Crippen molar-refractivity contribution in [1.82, 2.24) is 10.7 Å². The van der Waals surface area contributed by atoms with Gasteiger partial charge in [0.1, 0.15) is 0 Å². The maximum atomic E-state index is 4.32. The van der Waals surface area contributed by atoms with Crippen molar-refractivity contribution in [2.75, 3.05) is 14.1 Å². The lowest BCUT2D eigenvalue weighted by molar-refractivity contribution is 0.944. The van der Waals surface area contributed by atoms with E-state index in [-0.39, 0.29) is 0 Å². The van der Waals surface area contributed by atoms with Crippen LogP contribution in [0, 0.1) is 0 Å². The molecule has 22 heavy (non-hydrogen) atoms. The quantitative estimate of drug-likeness (QED) is 0.330. The summed E-state index contributed by atoms with van der Waals surface area (Å²) in [6.45, 7) is 0. The molecule has 3 aromatic carbocycles. The van der Waals surface area contributed by atoms with Gasteiger partial charge in [-0.05, 0) is 27.6 Å². The Kier molecular flexibility index (Phi) is 4.01. The molecule has 3 rings (SSSR count). The molecule has 4 heteroatoms. The summed E-state index contributed by atoms with van der Waals surface area (Å²) >= 11 is 0. The van der Waals surface area contributed by atoms with Crippen LogP contribution in [0.4, 0.5) is 0 Å². The van der Waals surface area contributed by atoms with Gasteiger partial charge in [-0.1, -0.05) is 48.5 Å². The molecule has 0 amide bonds. The predicted molar refractivity (Wildman–Crippen MR) is 94.6 cm³/mol. The number of benzene rings is 3. The van der Waals surface area contributed by atoms with Gasteiger partial charge in [-0.15, -0.1) is 0 Å². The van der Waals surface area contributed by atoms with Gasteiger partial charge in [0, 0.05) is 19.7 Å². The minimum absolute atomic E-state index is 0.626. The molecule has 0 spiro atoms. The average Bonchev–Trinajstić information content (AvgIpc) is 2.58. The minimum atomic E-state index is 0.626. The molecule has 3 aromatic rings. The number of hydrogen-bond donors (Lipinski definition) is 2. The van der Waals surface area contributed by atoms with Crippen molar-refractivity contribution in [3.8, 4) is 0 Å². The summed E-state index contributed by atoms with van der Waals surface area (Å²) in [5.74, 6) is 0.626. The van der Waals surface area contributed by atoms with Gasteiger partial charge in [0.15, 0.2) is 0 Å². The van der Waals surface area contributed by atoms with E-state index in [4.69, 9.17) is 0 Å². The Bertz CT molecular complexity index is 811. The molecule has 0 saturated carbocycles. The molecular weight excluding hydrogens is 272 g/mol. The van der Waals surface area contributed by atoms with Crippen LogP contribution in [0.15, 0.2) is 64.7 Å². The van der Waals surface area contributed by atoms with Crippen LogP contribution in [-0.4, -0.2) is 26.3 Å².